The molecule has 1 aliphatic heterocycles. The van der Waals surface area contributed by atoms with Crippen LogP contribution in [-0.4, -0.2) is 108 Å². The molecule has 5 unspecified atom stereocenters. The fourth-order valence-corrected chi connectivity index (χ4v) is 9.18. The molecular weight excluding hydrogens is 767 g/mol. The second kappa shape index (κ2) is 15.9. The highest BCUT2D eigenvalue weighted by atomic mass is 32.2. The van der Waals surface area contributed by atoms with Gasteiger partial charge >= 0.3 is 6.09 Å². The molecule has 2 N–H and O–H groups in total. The van der Waals surface area contributed by atoms with E-state index in [9.17, 15) is 27.6 Å². The quantitative estimate of drug-likeness (QED) is 0.213. The molecule has 2 aliphatic carbocycles. The number of carbonyl (C=O) groups is 4. The number of methoxy groups -OCH3 is 2. The molecule has 58 heavy (non-hydrogen) atoms. The van der Waals surface area contributed by atoms with E-state index in [4.69, 9.17) is 23.9 Å². The van der Waals surface area contributed by atoms with Crippen molar-refractivity contribution in [1.82, 2.24) is 24.8 Å². The summed E-state index contributed by atoms with van der Waals surface area (Å²) in [5.41, 5.74) is -0.400. The van der Waals surface area contributed by atoms with Crippen LogP contribution in [0.2, 0.25) is 0 Å². The molecule has 16 heteroatoms. The van der Waals surface area contributed by atoms with Crippen LogP contribution in [-0.2, 0) is 33.9 Å². The van der Waals surface area contributed by atoms with E-state index in [1.807, 2.05) is 36.4 Å². The Bertz CT molecular complexity index is 2200. The molecule has 4 amide bonds. The van der Waals surface area contributed by atoms with Crippen molar-refractivity contribution >= 4 is 44.7 Å². The number of rotatable bonds is 14. The zero-order valence-electron chi connectivity index (χ0n) is 34.2. The molecule has 15 nitrogen and oxygen atoms in total. The molecule has 3 aliphatic rings. The van der Waals surface area contributed by atoms with Gasteiger partial charge in [-0.25, -0.2) is 22.5 Å². The van der Waals surface area contributed by atoms with Crippen molar-refractivity contribution in [3.05, 3.63) is 67.3 Å². The summed E-state index contributed by atoms with van der Waals surface area (Å²) in [5, 5.41) is 6.20. The van der Waals surface area contributed by atoms with E-state index in [-0.39, 0.29) is 32.2 Å². The van der Waals surface area contributed by atoms with Crippen molar-refractivity contribution in [2.24, 2.45) is 11.8 Å². The van der Waals surface area contributed by atoms with Gasteiger partial charge in [-0.3, -0.25) is 14.4 Å². The number of benzene rings is 2. The van der Waals surface area contributed by atoms with Crippen molar-refractivity contribution in [2.45, 2.75) is 94.6 Å². The lowest BCUT2D eigenvalue weighted by atomic mass is 10.0. The highest BCUT2D eigenvalue weighted by Crippen LogP contribution is 2.50. The monoisotopic (exact) mass is 819 g/mol. The second-order valence-corrected chi connectivity index (χ2v) is 18.7. The van der Waals surface area contributed by atoms with E-state index in [2.05, 4.69) is 17.2 Å². The predicted octanol–water partition coefficient (Wildman–Crippen LogP) is 4.79. The van der Waals surface area contributed by atoms with Crippen molar-refractivity contribution in [2.75, 3.05) is 27.8 Å². The third-order valence-electron chi connectivity index (χ3n) is 11.0. The van der Waals surface area contributed by atoms with E-state index in [1.54, 1.807) is 59.9 Å². The summed E-state index contributed by atoms with van der Waals surface area (Å²) >= 11 is 0. The SMILES string of the molecule is C=CC1CC1(NC(=O)C1CC(Oc2cc(-c3ccccc3)nc3cc(OC)ccc23)CN1C(=O)C(NC(=O)OC(C)(C)C)C(C)C)C(=O)N(C)S(=O)(=O)C1(OC)CC1. The minimum absolute atomic E-state index is 0.000578. The molecular formula is C42H53N5O10S. The highest BCUT2D eigenvalue weighted by molar-refractivity contribution is 7.91. The zero-order valence-corrected chi connectivity index (χ0v) is 35.1. The lowest BCUT2D eigenvalue weighted by molar-refractivity contribution is -0.142. The molecule has 0 spiro atoms. The fraction of sp³-hybridized carbons (Fsp3) is 0.500. The van der Waals surface area contributed by atoms with Crippen molar-refractivity contribution < 1.29 is 46.5 Å². The average Bonchev–Trinajstić information content (AvgIpc) is 4.10. The van der Waals surface area contributed by atoms with Gasteiger partial charge in [-0.15, -0.1) is 6.58 Å². The predicted molar refractivity (Wildman–Crippen MR) is 216 cm³/mol. The third kappa shape index (κ3) is 8.21. The van der Waals surface area contributed by atoms with Crippen LogP contribution < -0.4 is 20.1 Å². The first kappa shape index (κ1) is 42.4. The molecule has 6 rings (SSSR count). The fourth-order valence-electron chi connectivity index (χ4n) is 7.47. The van der Waals surface area contributed by atoms with Crippen molar-refractivity contribution in [1.29, 1.82) is 0 Å². The van der Waals surface area contributed by atoms with E-state index in [0.29, 0.717) is 32.4 Å². The highest BCUT2D eigenvalue weighted by Gasteiger charge is 2.66. The molecule has 0 radical (unpaired) electrons. The number of likely N-dealkylation sites (tertiary alicyclic amines) is 1. The van der Waals surface area contributed by atoms with Crippen LogP contribution in [0.5, 0.6) is 11.5 Å². The Morgan fingerprint density at radius 1 is 1.05 bits per heavy atom. The lowest BCUT2D eigenvalue weighted by Gasteiger charge is -2.32. The standard InChI is InChI=1S/C42H53N5O10S/c1-10-27-23-42(27,38(50)46(7)58(52,53)41(55-9)18-19-41)45-36(48)33-21-29(24-47(33)37(49)35(25(2)3)44-39(51)57-40(4,5)6)56-34-22-31(26-14-12-11-13-15-26)43-32-20-28(54-8)16-17-30(32)34/h10-17,20,22,25,27,29,33,35H,1,18-19,21,23-24H2,2-9H3,(H,44,51)(H,45,48). The van der Waals surface area contributed by atoms with Crippen LogP contribution >= 0.6 is 0 Å². The molecule has 312 valence electrons. The maximum Gasteiger partial charge on any atom is 0.408 e. The van der Waals surface area contributed by atoms with E-state index >= 15 is 0 Å². The van der Waals surface area contributed by atoms with Gasteiger partial charge in [-0.2, -0.15) is 0 Å². The summed E-state index contributed by atoms with van der Waals surface area (Å²) < 4.78 is 50.7. The minimum Gasteiger partial charge on any atom is -0.497 e. The van der Waals surface area contributed by atoms with Crippen molar-refractivity contribution in [3.63, 3.8) is 0 Å². The summed E-state index contributed by atoms with van der Waals surface area (Å²) in [5.74, 6) is -2.04. The average molecular weight is 820 g/mol. The number of hydrogen-bond acceptors (Lipinski definition) is 11. The Morgan fingerprint density at radius 3 is 2.31 bits per heavy atom. The van der Waals surface area contributed by atoms with Gasteiger partial charge in [-0.05, 0) is 58.1 Å². The number of nitrogens with zero attached hydrogens (tertiary/aromatic N) is 3. The van der Waals surface area contributed by atoms with Crippen LogP contribution in [0.15, 0.2) is 67.3 Å². The largest absolute Gasteiger partial charge is 0.497 e. The maximum atomic E-state index is 14.6. The molecule has 3 fully saturated rings. The molecule has 5 atom stereocenters. The molecule has 1 saturated heterocycles. The normalized spacial score (nSPS) is 22.8. The van der Waals surface area contributed by atoms with Crippen LogP contribution in [0, 0.1) is 11.8 Å². The van der Waals surface area contributed by atoms with Gasteiger partial charge in [-0.1, -0.05) is 50.3 Å². The van der Waals surface area contributed by atoms with Crippen LogP contribution in [0.3, 0.4) is 0 Å². The summed E-state index contributed by atoms with van der Waals surface area (Å²) in [6.07, 6.45) is 0.518. The Balaban J connectivity index is 1.34. The zero-order chi connectivity index (χ0) is 42.4. The number of nitrogens with one attached hydrogen (secondary N) is 2. The van der Waals surface area contributed by atoms with Crippen LogP contribution in [0.25, 0.3) is 22.2 Å². The Hall–Kier alpha value is -5.22. The number of likely N-dealkylation sites (N-methyl/N-ethyl adjacent to an activating group) is 1. The molecule has 2 saturated carbocycles. The second-order valence-electron chi connectivity index (χ2n) is 16.5. The van der Waals surface area contributed by atoms with Gasteiger partial charge in [0.05, 0.1) is 24.9 Å². The van der Waals surface area contributed by atoms with Gasteiger partial charge in [0.15, 0.2) is 4.93 Å². The summed E-state index contributed by atoms with van der Waals surface area (Å²) in [6.45, 7) is 12.4. The number of fused-ring (bicyclic) bond motifs is 1. The lowest BCUT2D eigenvalue weighted by Crippen LogP contribution is -2.59. The topological polar surface area (TPSA) is 183 Å². The van der Waals surface area contributed by atoms with Crippen molar-refractivity contribution in [3.8, 4) is 22.8 Å². The van der Waals surface area contributed by atoms with Gasteiger partial charge in [0, 0.05) is 49.6 Å². The first-order valence-electron chi connectivity index (χ1n) is 19.3. The first-order chi connectivity index (χ1) is 27.3. The van der Waals surface area contributed by atoms with Gasteiger partial charge in [0.25, 0.3) is 15.9 Å². The van der Waals surface area contributed by atoms with E-state index in [0.717, 1.165) is 12.6 Å². The number of ether oxygens (including phenoxy) is 4. The van der Waals surface area contributed by atoms with E-state index in [1.165, 1.54) is 18.1 Å². The number of pyridine rings is 1. The molecule has 2 aromatic carbocycles. The van der Waals surface area contributed by atoms with E-state index < -0.39 is 79.9 Å². The van der Waals surface area contributed by atoms with Crippen LogP contribution in [0.4, 0.5) is 4.79 Å². The van der Waals surface area contributed by atoms with Gasteiger partial charge < -0.3 is 34.5 Å². The molecule has 0 bridgehead atoms. The Kier molecular flexibility index (Phi) is 11.6. The summed E-state index contributed by atoms with van der Waals surface area (Å²) in [7, 11) is -0.235. The van der Waals surface area contributed by atoms with Crippen LogP contribution in [0.1, 0.15) is 60.3 Å². The summed E-state index contributed by atoms with van der Waals surface area (Å²) in [4.78, 5) is 60.9. The Labute approximate surface area is 339 Å². The number of amides is 4. The number of alkyl carbamates (subject to hydrolysis) is 1. The number of carbonyl (C=O) groups excluding carboxylic acids is 4. The van der Waals surface area contributed by atoms with Gasteiger partial charge in [0.1, 0.15) is 40.8 Å². The summed E-state index contributed by atoms with van der Waals surface area (Å²) in [6, 6.07) is 14.5. The third-order valence-corrected chi connectivity index (χ3v) is 13.4. The molecule has 1 aromatic heterocycles. The number of sulfonamides is 1. The first-order valence-corrected chi connectivity index (χ1v) is 20.8. The van der Waals surface area contributed by atoms with Gasteiger partial charge in [0.2, 0.25) is 11.8 Å². The Morgan fingerprint density at radius 2 is 1.74 bits per heavy atom. The minimum atomic E-state index is -4.24. The molecule has 2 heterocycles. The number of aromatic nitrogens is 1. The maximum absolute atomic E-state index is 14.6. The number of hydrogen-bond donors (Lipinski definition) is 2. The molecule has 3 aromatic rings. The smallest absolute Gasteiger partial charge is 0.408 e.